The normalized spacial score (nSPS) is 7.74. The van der Waals surface area contributed by atoms with Gasteiger partial charge in [-0.1, -0.05) is 19.7 Å². The van der Waals surface area contributed by atoms with Gasteiger partial charge in [0.25, 0.3) is 0 Å². The third kappa shape index (κ3) is 44.9. The van der Waals surface area contributed by atoms with E-state index in [1.54, 1.807) is 22.5 Å². The Hall–Kier alpha value is -1.57. The fraction of sp³-hybridized carbons (Fsp3) is 0.438. The number of carboxylic acids is 3. The second kappa shape index (κ2) is 20.4. The van der Waals surface area contributed by atoms with Gasteiger partial charge in [-0.05, 0) is 37.5 Å². The van der Waals surface area contributed by atoms with Crippen molar-refractivity contribution in [3.05, 3.63) is 36.5 Å². The number of rotatable bonds is 5. The van der Waals surface area contributed by atoms with Crippen LogP contribution in [0.3, 0.4) is 0 Å². The molecule has 0 rings (SSSR count). The molecule has 0 aliphatic carbocycles. The Bertz CT molecular complexity index is 318. The summed E-state index contributed by atoms with van der Waals surface area (Å²) in [6.07, 6.45) is 2.80. The maximum atomic E-state index is 9.49. The summed E-state index contributed by atoms with van der Waals surface area (Å²) in [5, 5.41) is 28.5. The van der Waals surface area contributed by atoms with E-state index in [0.29, 0.717) is 0 Å². The van der Waals surface area contributed by atoms with Gasteiger partial charge in [-0.3, -0.25) is 0 Å². The molecule has 0 aromatic carbocycles. The minimum atomic E-state index is -1.19. The Kier molecular flexibility index (Phi) is 26.1. The van der Waals surface area contributed by atoms with E-state index in [9.17, 15) is 29.7 Å². The summed E-state index contributed by atoms with van der Waals surface area (Å²) in [7, 11) is 0. The minimum absolute atomic E-state index is 0.0648. The third-order valence-corrected chi connectivity index (χ3v) is 2.58. The van der Waals surface area contributed by atoms with Gasteiger partial charge in [-0.2, -0.15) is 0 Å². The first-order valence-corrected chi connectivity index (χ1v) is 8.61. The number of carboxylic acid groups (broad SMARTS) is 3. The van der Waals surface area contributed by atoms with E-state index in [4.69, 9.17) is 0 Å². The molecule has 0 aliphatic heterocycles. The van der Waals surface area contributed by atoms with Crippen LogP contribution in [0.25, 0.3) is 0 Å². The Morgan fingerprint density at radius 1 is 0.783 bits per heavy atom. The summed E-state index contributed by atoms with van der Waals surface area (Å²) in [5.74, 6) is -3.56. The van der Waals surface area contributed by atoms with E-state index < -0.39 is 17.9 Å². The average Bonchev–Trinajstić information content (AvgIpc) is 2.41. The van der Waals surface area contributed by atoms with Gasteiger partial charge < -0.3 is 29.7 Å². The first-order chi connectivity index (χ1) is 10.3. The zero-order chi connectivity index (χ0) is 19.6. The van der Waals surface area contributed by atoms with Crippen molar-refractivity contribution in [2.75, 3.05) is 0 Å². The third-order valence-electron chi connectivity index (χ3n) is 1.58. The van der Waals surface area contributed by atoms with Crippen LogP contribution in [-0.2, 0) is 14.4 Å². The van der Waals surface area contributed by atoms with Crippen molar-refractivity contribution in [1.82, 2.24) is 0 Å². The molecule has 0 aliphatic rings. The van der Waals surface area contributed by atoms with Gasteiger partial charge >= 0.3 is 46.7 Å². The quantitative estimate of drug-likeness (QED) is 0.420. The van der Waals surface area contributed by atoms with E-state index >= 15 is 0 Å². The second-order valence-corrected chi connectivity index (χ2v) is 5.73. The van der Waals surface area contributed by atoms with E-state index in [2.05, 4.69) is 26.7 Å². The predicted molar refractivity (Wildman–Crippen MR) is 84.9 cm³/mol. The zero-order valence-electron chi connectivity index (χ0n) is 14.2. The number of unbranched alkanes of at least 4 members (excludes halogenated alkanes) is 1. The zero-order valence-corrected chi connectivity index (χ0v) is 17.0. The van der Waals surface area contributed by atoms with E-state index in [1.807, 2.05) is 0 Å². The Balaban J connectivity index is -0.000000105. The summed E-state index contributed by atoms with van der Waals surface area (Å²) in [6, 6.07) is 0. The van der Waals surface area contributed by atoms with Gasteiger partial charge in [0, 0.05) is 0 Å². The maximum absolute atomic E-state index is 9.49. The molecule has 0 aromatic heterocycles. The van der Waals surface area contributed by atoms with Crippen molar-refractivity contribution in [2.45, 2.75) is 45.0 Å². The monoisotopic (exact) mass is 432 g/mol. The molecule has 0 N–H and O–H groups in total. The molecule has 0 amide bonds. The number of carbonyl (C=O) groups is 3. The van der Waals surface area contributed by atoms with Crippen molar-refractivity contribution in [3.63, 3.8) is 0 Å². The predicted octanol–water partition coefficient (Wildman–Crippen LogP) is -0.689. The number of carbonyl (C=O) groups excluding carboxylic acids is 3. The fourth-order valence-electron chi connectivity index (χ4n) is 0.177. The topological polar surface area (TPSA) is 120 Å². The molecule has 0 atom stereocenters. The summed E-state index contributed by atoms with van der Waals surface area (Å²) >= 11 is 1.68. The Labute approximate surface area is 151 Å². The molecule has 0 radical (unpaired) electrons. The van der Waals surface area contributed by atoms with Crippen LogP contribution < -0.4 is 15.3 Å². The molecule has 0 fully saturated rings. The first-order valence-electron chi connectivity index (χ1n) is 6.60. The van der Waals surface area contributed by atoms with Crippen molar-refractivity contribution >= 4 is 40.4 Å². The molecule has 128 valence electrons. The van der Waals surface area contributed by atoms with Gasteiger partial charge in [0.2, 0.25) is 0 Å². The van der Waals surface area contributed by atoms with Crippen LogP contribution in [0.15, 0.2) is 36.5 Å². The van der Waals surface area contributed by atoms with Gasteiger partial charge in [-0.25, -0.2) is 0 Å². The first kappa shape index (κ1) is 29.4. The van der Waals surface area contributed by atoms with Crippen LogP contribution in [0.5, 0.6) is 0 Å². The molecule has 0 heterocycles. The van der Waals surface area contributed by atoms with Crippen molar-refractivity contribution in [1.29, 1.82) is 0 Å². The summed E-state index contributed by atoms with van der Waals surface area (Å²) in [5.41, 5.74) is 0.194. The van der Waals surface area contributed by atoms with Crippen LogP contribution in [-0.4, -0.2) is 40.4 Å². The molecular formula is C16H24O6Sn. The SMILES string of the molecule is C=C(C)C(=O)[O-].C=C(C)C(=O)[O-].C=C(C)C(=O)[O-].CCC[CH2][Sn+3]. The number of hydrogen-bond acceptors (Lipinski definition) is 6. The van der Waals surface area contributed by atoms with E-state index in [-0.39, 0.29) is 16.7 Å². The van der Waals surface area contributed by atoms with Gasteiger partial charge in [0.15, 0.2) is 0 Å². The summed E-state index contributed by atoms with van der Waals surface area (Å²) in [4.78, 5) is 28.5. The number of hydrogen-bond donors (Lipinski definition) is 0. The van der Waals surface area contributed by atoms with Crippen LogP contribution in [0.4, 0.5) is 0 Å². The molecule has 0 saturated heterocycles. The van der Waals surface area contributed by atoms with Gasteiger partial charge in [0.1, 0.15) is 0 Å². The van der Waals surface area contributed by atoms with E-state index in [1.165, 1.54) is 38.0 Å². The standard InChI is InChI=1S/3C4H6O2.C4H9.Sn/c3*1-3(2)4(5)6;1-3-4-2;/h3*1H2,2H3,(H,5,6);1,3-4H2,2H3;/q;;;;+3/p-3. The van der Waals surface area contributed by atoms with Gasteiger partial charge in [0.05, 0.1) is 17.9 Å². The van der Waals surface area contributed by atoms with E-state index in [0.717, 1.165) is 0 Å². The van der Waals surface area contributed by atoms with Crippen molar-refractivity contribution < 1.29 is 29.7 Å². The molecule has 6 nitrogen and oxygen atoms in total. The van der Waals surface area contributed by atoms with Crippen molar-refractivity contribution in [2.24, 2.45) is 0 Å². The van der Waals surface area contributed by atoms with Crippen molar-refractivity contribution in [3.8, 4) is 0 Å². The molecular weight excluding hydrogens is 407 g/mol. The molecule has 0 saturated carbocycles. The Morgan fingerprint density at radius 3 is 0.957 bits per heavy atom. The number of aliphatic carboxylic acids is 3. The molecule has 23 heavy (non-hydrogen) atoms. The molecule has 0 spiro atoms. The Morgan fingerprint density at radius 2 is 0.957 bits per heavy atom. The molecule has 0 bridgehead atoms. The molecule has 0 unspecified atom stereocenters. The van der Waals surface area contributed by atoms with Gasteiger partial charge in [-0.15, -0.1) is 0 Å². The summed E-state index contributed by atoms with van der Waals surface area (Å²) in [6.45, 7) is 15.7. The summed E-state index contributed by atoms with van der Waals surface area (Å²) < 4.78 is 1.43. The van der Waals surface area contributed by atoms with Crippen LogP contribution in [0, 0.1) is 0 Å². The van der Waals surface area contributed by atoms with Crippen LogP contribution in [0.1, 0.15) is 40.5 Å². The molecule has 7 heteroatoms. The fourth-order valence-corrected chi connectivity index (χ4v) is 1.19. The molecule has 0 aromatic rings. The second-order valence-electron chi connectivity index (χ2n) is 4.31. The van der Waals surface area contributed by atoms with Crippen LogP contribution >= 0.6 is 0 Å². The average molecular weight is 431 g/mol. The van der Waals surface area contributed by atoms with Crippen LogP contribution in [0.2, 0.25) is 4.44 Å².